The molecule has 4 rings (SSSR count). The van der Waals surface area contributed by atoms with Crippen LogP contribution in [0.1, 0.15) is 29.0 Å². The van der Waals surface area contributed by atoms with E-state index in [-0.39, 0.29) is 30.9 Å². The molecule has 0 radical (unpaired) electrons. The Morgan fingerprint density at radius 3 is 2.45 bits per heavy atom. The Morgan fingerprint density at radius 2 is 1.76 bits per heavy atom. The average molecular weight is 412 g/mol. The molecule has 0 unspecified atom stereocenters. The minimum atomic E-state index is -1.39. The van der Waals surface area contributed by atoms with Crippen molar-refractivity contribution >= 4 is 17.5 Å². The highest BCUT2D eigenvalue weighted by molar-refractivity contribution is 6.30. The maximum absolute atomic E-state index is 15.3. The third kappa shape index (κ3) is 4.40. The van der Waals surface area contributed by atoms with E-state index in [0.717, 1.165) is 5.56 Å². The molecule has 4 heterocycles. The molecule has 8 heteroatoms. The van der Waals surface area contributed by atoms with E-state index in [1.54, 1.807) is 47.8 Å². The first-order chi connectivity index (χ1) is 14.0. The highest BCUT2D eigenvalue weighted by atomic mass is 35.5. The van der Waals surface area contributed by atoms with Crippen molar-refractivity contribution < 1.29 is 9.18 Å². The van der Waals surface area contributed by atoms with Crippen LogP contribution in [-0.4, -0.2) is 49.5 Å². The molecule has 0 spiro atoms. The first-order valence-corrected chi connectivity index (χ1v) is 9.72. The van der Waals surface area contributed by atoms with E-state index in [1.165, 1.54) is 12.4 Å². The summed E-state index contributed by atoms with van der Waals surface area (Å²) in [6, 6.07) is 7.01. The molecule has 0 bridgehead atoms. The number of carbonyl (C=O) groups is 1. The number of alkyl halides is 1. The van der Waals surface area contributed by atoms with Gasteiger partial charge in [-0.1, -0.05) is 11.6 Å². The summed E-state index contributed by atoms with van der Waals surface area (Å²) in [5, 5.41) is 0.524. The lowest BCUT2D eigenvalue weighted by atomic mass is 9.88. The van der Waals surface area contributed by atoms with E-state index in [1.807, 2.05) is 0 Å². The molecule has 1 amide bonds. The second-order valence-corrected chi connectivity index (χ2v) is 7.51. The van der Waals surface area contributed by atoms with Crippen LogP contribution in [0.5, 0.6) is 0 Å². The molecule has 0 aliphatic carbocycles. The van der Waals surface area contributed by atoms with Crippen molar-refractivity contribution in [3.63, 3.8) is 0 Å². The fraction of sp³-hybridized carbons (Fsp3) is 0.286. The molecule has 3 aromatic rings. The molecule has 0 atom stereocenters. The summed E-state index contributed by atoms with van der Waals surface area (Å²) in [4.78, 5) is 31.5. The highest BCUT2D eigenvalue weighted by Crippen LogP contribution is 2.31. The molecule has 0 N–H and O–H groups in total. The Kier molecular flexibility index (Phi) is 5.49. The number of amides is 1. The van der Waals surface area contributed by atoms with Gasteiger partial charge < -0.3 is 4.90 Å². The molecular weight excluding hydrogens is 393 g/mol. The van der Waals surface area contributed by atoms with Gasteiger partial charge in [0.1, 0.15) is 11.4 Å². The summed E-state index contributed by atoms with van der Waals surface area (Å²) >= 11 is 5.84. The van der Waals surface area contributed by atoms with E-state index in [4.69, 9.17) is 11.6 Å². The van der Waals surface area contributed by atoms with Crippen LogP contribution in [0.2, 0.25) is 5.02 Å². The van der Waals surface area contributed by atoms with Crippen molar-refractivity contribution in [2.24, 2.45) is 0 Å². The van der Waals surface area contributed by atoms with Gasteiger partial charge in [0.2, 0.25) is 0 Å². The summed E-state index contributed by atoms with van der Waals surface area (Å²) in [7, 11) is 0. The summed E-state index contributed by atoms with van der Waals surface area (Å²) in [5.74, 6) is -0.239. The fourth-order valence-electron chi connectivity index (χ4n) is 3.49. The Hall–Kier alpha value is -2.93. The van der Waals surface area contributed by atoms with Crippen LogP contribution in [0, 0.1) is 0 Å². The highest BCUT2D eigenvalue weighted by Gasteiger charge is 2.37. The fourth-order valence-corrected chi connectivity index (χ4v) is 3.60. The lowest BCUT2D eigenvalue weighted by molar-refractivity contribution is 0.0429. The number of halogens is 2. The Bertz CT molecular complexity index is 991. The molecule has 29 heavy (non-hydrogen) atoms. The van der Waals surface area contributed by atoms with Gasteiger partial charge in [-0.3, -0.25) is 19.7 Å². The Morgan fingerprint density at radius 1 is 1.03 bits per heavy atom. The lowest BCUT2D eigenvalue weighted by Crippen LogP contribution is -2.46. The molecule has 1 aliphatic heterocycles. The quantitative estimate of drug-likeness (QED) is 0.653. The second-order valence-electron chi connectivity index (χ2n) is 7.08. The molecule has 3 aromatic heterocycles. The van der Waals surface area contributed by atoms with Gasteiger partial charge in [0.05, 0.1) is 5.02 Å². The van der Waals surface area contributed by atoms with Gasteiger partial charge in [-0.15, -0.1) is 0 Å². The molecule has 1 saturated heterocycles. The van der Waals surface area contributed by atoms with Gasteiger partial charge in [0, 0.05) is 61.8 Å². The van der Waals surface area contributed by atoms with Crippen LogP contribution in [0.15, 0.2) is 55.2 Å². The van der Waals surface area contributed by atoms with Gasteiger partial charge in [-0.2, -0.15) is 0 Å². The summed E-state index contributed by atoms with van der Waals surface area (Å²) in [6.45, 7) is 0.630. The molecule has 0 aromatic carbocycles. The van der Waals surface area contributed by atoms with E-state index in [2.05, 4.69) is 19.9 Å². The molecule has 1 aliphatic rings. The standard InChI is InChI=1S/C21H19ClFN5O/c22-16-1-2-17(27-14-16)13-21(23)5-11-28(12-6-21)20(29)19-18(25-9-10-26-19)15-3-7-24-8-4-15/h1-4,7-10,14H,5-6,11-13H2. The van der Waals surface area contributed by atoms with E-state index >= 15 is 4.39 Å². The zero-order chi connectivity index (χ0) is 20.3. The van der Waals surface area contributed by atoms with Crippen LogP contribution >= 0.6 is 11.6 Å². The van der Waals surface area contributed by atoms with Gasteiger partial charge >= 0.3 is 0 Å². The zero-order valence-corrected chi connectivity index (χ0v) is 16.4. The first-order valence-electron chi connectivity index (χ1n) is 9.34. The van der Waals surface area contributed by atoms with Gasteiger partial charge in [-0.05, 0) is 37.1 Å². The predicted molar refractivity (Wildman–Crippen MR) is 107 cm³/mol. The van der Waals surface area contributed by atoms with E-state index in [0.29, 0.717) is 29.5 Å². The predicted octanol–water partition coefficient (Wildman–Crippen LogP) is 3.77. The third-order valence-corrected chi connectivity index (χ3v) is 5.31. The van der Waals surface area contributed by atoms with Crippen LogP contribution in [0.25, 0.3) is 11.3 Å². The maximum atomic E-state index is 15.3. The number of pyridine rings is 2. The number of aromatic nitrogens is 4. The van der Waals surface area contributed by atoms with Crippen molar-refractivity contribution in [1.29, 1.82) is 0 Å². The summed E-state index contributed by atoms with van der Waals surface area (Å²) in [5.41, 5.74) is 0.799. The SMILES string of the molecule is O=C(c1nccnc1-c1ccncc1)N1CCC(F)(Cc2ccc(Cl)cn2)CC1. The van der Waals surface area contributed by atoms with E-state index < -0.39 is 5.67 Å². The number of hydrogen-bond donors (Lipinski definition) is 0. The molecule has 1 fully saturated rings. The molecular formula is C21H19ClFN5O. The number of nitrogens with zero attached hydrogens (tertiary/aromatic N) is 5. The molecule has 148 valence electrons. The van der Waals surface area contributed by atoms with Gasteiger partial charge in [0.15, 0.2) is 5.69 Å². The third-order valence-electron chi connectivity index (χ3n) is 5.09. The first kappa shape index (κ1) is 19.4. The number of piperidine rings is 1. The largest absolute Gasteiger partial charge is 0.337 e. The van der Waals surface area contributed by atoms with Crippen molar-refractivity contribution in [3.05, 3.63) is 71.7 Å². The van der Waals surface area contributed by atoms with Gasteiger partial charge in [-0.25, -0.2) is 9.37 Å². The number of hydrogen-bond acceptors (Lipinski definition) is 5. The summed E-state index contributed by atoms with van der Waals surface area (Å²) in [6.07, 6.45) is 8.54. The van der Waals surface area contributed by atoms with Crippen LogP contribution < -0.4 is 0 Å². The number of carbonyl (C=O) groups excluding carboxylic acids is 1. The normalized spacial score (nSPS) is 15.9. The minimum absolute atomic E-state index is 0.208. The topological polar surface area (TPSA) is 71.9 Å². The maximum Gasteiger partial charge on any atom is 0.274 e. The van der Waals surface area contributed by atoms with Crippen LogP contribution in [-0.2, 0) is 6.42 Å². The van der Waals surface area contributed by atoms with Crippen molar-refractivity contribution in [2.45, 2.75) is 24.9 Å². The average Bonchev–Trinajstić information content (AvgIpc) is 2.76. The monoisotopic (exact) mass is 411 g/mol. The van der Waals surface area contributed by atoms with Crippen molar-refractivity contribution in [2.75, 3.05) is 13.1 Å². The van der Waals surface area contributed by atoms with Crippen LogP contribution in [0.4, 0.5) is 4.39 Å². The second kappa shape index (κ2) is 8.21. The van der Waals surface area contributed by atoms with Crippen molar-refractivity contribution in [3.8, 4) is 11.3 Å². The van der Waals surface area contributed by atoms with Gasteiger partial charge in [0.25, 0.3) is 5.91 Å². The minimum Gasteiger partial charge on any atom is -0.337 e. The molecule has 6 nitrogen and oxygen atoms in total. The van der Waals surface area contributed by atoms with E-state index in [9.17, 15) is 4.79 Å². The molecule has 0 saturated carbocycles. The summed E-state index contributed by atoms with van der Waals surface area (Å²) < 4.78 is 15.3. The number of rotatable bonds is 4. The smallest absolute Gasteiger partial charge is 0.274 e. The Balaban J connectivity index is 1.47. The van der Waals surface area contributed by atoms with Crippen LogP contribution in [0.3, 0.4) is 0 Å². The van der Waals surface area contributed by atoms with Crippen molar-refractivity contribution in [1.82, 2.24) is 24.8 Å². The Labute approximate surface area is 172 Å². The lowest BCUT2D eigenvalue weighted by Gasteiger charge is -2.36. The zero-order valence-electron chi connectivity index (χ0n) is 15.6. The number of likely N-dealkylation sites (tertiary alicyclic amines) is 1.